The molecule has 0 bridgehead atoms. The van der Waals surface area contributed by atoms with Gasteiger partial charge in [0.1, 0.15) is 0 Å². The molecule has 0 aromatic rings. The zero-order valence-corrected chi connectivity index (χ0v) is 12.8. The van der Waals surface area contributed by atoms with Crippen LogP contribution >= 0.6 is 0 Å². The molecule has 0 aromatic carbocycles. The SMILES string of the molecule is CC[NH3+].CC[NH3+].CC[NH3+].CC[NH3+].[O-][Si]([O-])([O-])[O-]. The predicted octanol–water partition coefficient (Wildman–Crippen LogP) is -8.14. The summed E-state index contributed by atoms with van der Waals surface area (Å²) in [6, 6.07) is 0. The fourth-order valence-electron chi connectivity index (χ4n) is 0. The van der Waals surface area contributed by atoms with E-state index >= 15 is 0 Å². The van der Waals surface area contributed by atoms with Gasteiger partial charge in [-0.15, -0.1) is 0 Å². The van der Waals surface area contributed by atoms with Gasteiger partial charge in [-0.2, -0.15) is 0 Å². The van der Waals surface area contributed by atoms with E-state index in [4.69, 9.17) is 19.2 Å². The molecule has 0 rings (SSSR count). The molecule has 9 heteroatoms. The van der Waals surface area contributed by atoms with E-state index in [-0.39, 0.29) is 0 Å². The number of quaternary nitrogens is 4. The summed E-state index contributed by atoms with van der Waals surface area (Å²) in [5.41, 5.74) is 13.9. The van der Waals surface area contributed by atoms with E-state index < -0.39 is 9.05 Å². The van der Waals surface area contributed by atoms with Crippen molar-refractivity contribution in [3.8, 4) is 0 Å². The molecule has 0 aliphatic carbocycles. The molecule has 12 N–H and O–H groups in total. The number of hydrogen-bond donors (Lipinski definition) is 4. The Balaban J connectivity index is -0.0000000362. The number of rotatable bonds is 0. The average molecular weight is 276 g/mol. The van der Waals surface area contributed by atoms with E-state index in [0.29, 0.717) is 0 Å². The molecule has 0 aromatic heterocycles. The molecular formula is C8H32N4O4Si. The van der Waals surface area contributed by atoms with Crippen LogP contribution in [0.5, 0.6) is 0 Å². The van der Waals surface area contributed by atoms with Crippen LogP contribution in [0.2, 0.25) is 0 Å². The first kappa shape index (κ1) is 30.2. The molecule has 0 saturated carbocycles. The summed E-state index contributed by atoms with van der Waals surface area (Å²) < 4.78 is 0. The van der Waals surface area contributed by atoms with Crippen LogP contribution in [0.4, 0.5) is 0 Å². The summed E-state index contributed by atoms with van der Waals surface area (Å²) in [4.78, 5) is 34.3. The van der Waals surface area contributed by atoms with Crippen molar-refractivity contribution in [1.82, 2.24) is 0 Å². The first-order valence-corrected chi connectivity index (χ1v) is 7.28. The second-order valence-electron chi connectivity index (χ2n) is 2.50. The van der Waals surface area contributed by atoms with Gasteiger partial charge in [-0.05, 0) is 27.7 Å². The first-order chi connectivity index (χ1) is 7.66. The van der Waals surface area contributed by atoms with Gasteiger partial charge in [0.2, 0.25) is 0 Å². The van der Waals surface area contributed by atoms with Gasteiger partial charge < -0.3 is 51.2 Å². The second kappa shape index (κ2) is 36.0. The average Bonchev–Trinajstić information content (AvgIpc) is 2.04. The van der Waals surface area contributed by atoms with Crippen molar-refractivity contribution in [2.75, 3.05) is 26.2 Å². The Morgan fingerprint density at radius 2 is 0.588 bits per heavy atom. The van der Waals surface area contributed by atoms with Crippen molar-refractivity contribution in [1.29, 1.82) is 0 Å². The Morgan fingerprint density at radius 1 is 0.588 bits per heavy atom. The first-order valence-electron chi connectivity index (χ1n) is 5.64. The standard InChI is InChI=1S/4C2H7N.O4Si/c4*1-2-3;1-5(2,3)4/h4*2-3H2,1H3;/q;;;;-4/p+4. The van der Waals surface area contributed by atoms with Crippen LogP contribution in [-0.2, 0) is 0 Å². The highest BCUT2D eigenvalue weighted by Gasteiger charge is 1.38. The zero-order valence-electron chi connectivity index (χ0n) is 11.8. The van der Waals surface area contributed by atoms with E-state index in [1.807, 2.05) is 27.7 Å². The molecule has 0 amide bonds. The lowest BCUT2D eigenvalue weighted by Crippen LogP contribution is -2.82. The lowest BCUT2D eigenvalue weighted by atomic mass is 10.8. The lowest BCUT2D eigenvalue weighted by Gasteiger charge is -2.67. The smallest absolute Gasteiger partial charge is 0.0711 e. The van der Waals surface area contributed by atoms with Crippen molar-refractivity contribution in [2.45, 2.75) is 27.7 Å². The lowest BCUT2D eigenvalue weighted by molar-refractivity contribution is -0.624. The topological polar surface area (TPSA) is 203 Å². The molecule has 0 fully saturated rings. The minimum atomic E-state index is -5.61. The van der Waals surface area contributed by atoms with E-state index in [2.05, 4.69) is 22.9 Å². The van der Waals surface area contributed by atoms with Crippen LogP contribution in [0.1, 0.15) is 27.7 Å². The van der Waals surface area contributed by atoms with Crippen LogP contribution in [0.25, 0.3) is 0 Å². The normalized spacial score (nSPS) is 7.76. The molecule has 0 unspecified atom stereocenters. The van der Waals surface area contributed by atoms with Gasteiger partial charge in [0, 0.05) is 0 Å². The van der Waals surface area contributed by atoms with E-state index in [0.717, 1.165) is 26.2 Å². The third-order valence-corrected chi connectivity index (χ3v) is 0. The van der Waals surface area contributed by atoms with Gasteiger partial charge in [-0.3, -0.25) is 0 Å². The fourth-order valence-corrected chi connectivity index (χ4v) is 0. The van der Waals surface area contributed by atoms with Crippen molar-refractivity contribution in [3.63, 3.8) is 0 Å². The Hall–Kier alpha value is -0.103. The van der Waals surface area contributed by atoms with Crippen molar-refractivity contribution in [2.24, 2.45) is 0 Å². The zero-order chi connectivity index (χ0) is 15.3. The summed E-state index contributed by atoms with van der Waals surface area (Å²) >= 11 is 0. The largest absolute Gasteiger partial charge is 0.894 e. The Labute approximate surface area is 106 Å². The molecule has 0 heterocycles. The molecule has 0 saturated heterocycles. The molecular weight excluding hydrogens is 244 g/mol. The fraction of sp³-hybridized carbons (Fsp3) is 1.00. The third-order valence-electron chi connectivity index (χ3n) is 0. The minimum absolute atomic E-state index is 1.00. The summed E-state index contributed by atoms with van der Waals surface area (Å²) in [7, 11) is -5.61. The molecule has 0 radical (unpaired) electrons. The van der Waals surface area contributed by atoms with E-state index in [9.17, 15) is 0 Å². The van der Waals surface area contributed by atoms with Crippen LogP contribution in [-0.4, -0.2) is 35.2 Å². The van der Waals surface area contributed by atoms with Crippen molar-refractivity contribution < 1.29 is 42.1 Å². The van der Waals surface area contributed by atoms with Gasteiger partial charge in [0.25, 0.3) is 0 Å². The molecule has 0 atom stereocenters. The number of hydrogen-bond acceptors (Lipinski definition) is 4. The summed E-state index contributed by atoms with van der Waals surface area (Å²) in [5, 5.41) is 0. The van der Waals surface area contributed by atoms with Gasteiger partial charge in [0.15, 0.2) is 0 Å². The van der Waals surface area contributed by atoms with Gasteiger partial charge >= 0.3 is 0 Å². The third kappa shape index (κ3) is 289000. The highest BCUT2D eigenvalue weighted by Crippen LogP contribution is 1.26. The maximum Gasteiger partial charge on any atom is 0.0711 e. The summed E-state index contributed by atoms with van der Waals surface area (Å²) in [5.74, 6) is 0. The highest BCUT2D eigenvalue weighted by atomic mass is 28.4. The van der Waals surface area contributed by atoms with Crippen LogP contribution in [0.15, 0.2) is 0 Å². The van der Waals surface area contributed by atoms with Crippen molar-refractivity contribution >= 4 is 9.05 Å². The molecule has 17 heavy (non-hydrogen) atoms. The Kier molecular flexibility index (Phi) is 63.9. The van der Waals surface area contributed by atoms with Gasteiger partial charge in [0.05, 0.1) is 26.2 Å². The predicted molar refractivity (Wildman–Crippen MR) is 59.5 cm³/mol. The highest BCUT2D eigenvalue weighted by molar-refractivity contribution is 6.38. The maximum atomic E-state index is 8.58. The second-order valence-corrected chi connectivity index (χ2v) is 3.50. The van der Waals surface area contributed by atoms with Crippen LogP contribution < -0.4 is 42.1 Å². The Bertz CT molecular complexity index is 72.4. The van der Waals surface area contributed by atoms with E-state index in [1.165, 1.54) is 0 Å². The Morgan fingerprint density at radius 3 is 0.588 bits per heavy atom. The van der Waals surface area contributed by atoms with Crippen LogP contribution in [0.3, 0.4) is 0 Å². The quantitative estimate of drug-likeness (QED) is 0.318. The van der Waals surface area contributed by atoms with Gasteiger partial charge in [-0.1, -0.05) is 0 Å². The monoisotopic (exact) mass is 276 g/mol. The molecule has 0 aliphatic rings. The summed E-state index contributed by atoms with van der Waals surface area (Å²) in [6.45, 7) is 12.1. The van der Waals surface area contributed by atoms with E-state index in [1.54, 1.807) is 0 Å². The van der Waals surface area contributed by atoms with Crippen molar-refractivity contribution in [3.05, 3.63) is 0 Å². The molecule has 0 aliphatic heterocycles. The summed E-state index contributed by atoms with van der Waals surface area (Å²) in [6.07, 6.45) is 0. The van der Waals surface area contributed by atoms with Crippen LogP contribution in [0, 0.1) is 0 Å². The molecule has 112 valence electrons. The minimum Gasteiger partial charge on any atom is -0.894 e. The molecule has 8 nitrogen and oxygen atoms in total. The van der Waals surface area contributed by atoms with Gasteiger partial charge in [-0.25, -0.2) is 0 Å². The maximum absolute atomic E-state index is 8.58. The molecule has 0 spiro atoms.